The fourth-order valence-corrected chi connectivity index (χ4v) is 5.41. The molecular weight excluding hydrogens is 634 g/mol. The highest BCUT2D eigenvalue weighted by Gasteiger charge is 2.23. The molecule has 0 spiro atoms. The molecule has 0 unspecified atom stereocenters. The number of nitrogens with zero attached hydrogens (tertiary/aromatic N) is 4. The molecule has 48 heavy (non-hydrogen) atoms. The first-order chi connectivity index (χ1) is 23.1. The van der Waals surface area contributed by atoms with Gasteiger partial charge in [0.2, 0.25) is 17.1 Å². The Bertz CT molecular complexity index is 1620. The van der Waals surface area contributed by atoms with Crippen molar-refractivity contribution in [1.82, 2.24) is 5.32 Å². The monoisotopic (exact) mass is 679 g/mol. The van der Waals surface area contributed by atoms with E-state index in [1.54, 1.807) is 0 Å². The number of fused-ring (bicyclic) bond motifs is 3. The molecule has 0 radical (unpaired) electrons. The van der Waals surface area contributed by atoms with Crippen molar-refractivity contribution in [2.24, 2.45) is 10.8 Å². The molecule has 13 heteroatoms. The first kappa shape index (κ1) is 38.4. The Balaban J connectivity index is 0.00000625. The highest BCUT2D eigenvalue weighted by molar-refractivity contribution is 6.10. The summed E-state index contributed by atoms with van der Waals surface area (Å²) in [4.78, 5) is 15.4. The van der Waals surface area contributed by atoms with E-state index >= 15 is 0 Å². The maximum atomic E-state index is 12.4. The summed E-state index contributed by atoms with van der Waals surface area (Å²) >= 11 is 0. The molecule has 1 amide bonds. The third kappa shape index (κ3) is 11.9. The quantitative estimate of drug-likeness (QED) is 0.0217. The standard InChI is InChI=1S/C35H45N7O5.ClH/c36-14-17-44-19-21-46-23-24-47-22-20-45-18-15-39-34(43)9-5-2-6-16-42-33-25-28(37)10-12-31(33)30-13-11-29(40-41-38)26-32(30)35(42)27-7-3-1-4-8-27;/h1,3-4,7-8,10-13,25-26,37H,2,5-6,9,14-24,36H2,(H,39,43);1H. The van der Waals surface area contributed by atoms with Gasteiger partial charge in [0.25, 0.3) is 0 Å². The number of ether oxygens (including phenoxy) is 4. The minimum Gasteiger partial charge on any atom is -1.00 e. The van der Waals surface area contributed by atoms with E-state index in [1.165, 1.54) is 0 Å². The van der Waals surface area contributed by atoms with Crippen molar-refractivity contribution in [2.45, 2.75) is 32.2 Å². The third-order valence-electron chi connectivity index (χ3n) is 7.57. The van der Waals surface area contributed by atoms with Crippen molar-refractivity contribution < 1.29 is 40.7 Å². The van der Waals surface area contributed by atoms with Gasteiger partial charge in [-0.1, -0.05) is 35.4 Å². The maximum absolute atomic E-state index is 12.4. The van der Waals surface area contributed by atoms with Crippen molar-refractivity contribution in [1.29, 1.82) is 0 Å². The molecule has 1 aromatic heterocycles. The van der Waals surface area contributed by atoms with Gasteiger partial charge in [0.05, 0.1) is 63.6 Å². The summed E-state index contributed by atoms with van der Waals surface area (Å²) in [6.45, 7) is 5.65. The van der Waals surface area contributed by atoms with E-state index in [2.05, 4.69) is 32.0 Å². The van der Waals surface area contributed by atoms with E-state index in [9.17, 15) is 4.79 Å². The van der Waals surface area contributed by atoms with Gasteiger partial charge in [0.15, 0.2) is 0 Å². The first-order valence-corrected chi connectivity index (χ1v) is 16.2. The Labute approximate surface area is 287 Å². The van der Waals surface area contributed by atoms with E-state index in [4.69, 9.17) is 35.9 Å². The van der Waals surface area contributed by atoms with Gasteiger partial charge < -0.3 is 48.1 Å². The molecule has 0 fully saturated rings. The number of amides is 1. The SMILES string of the molecule is [Cl-].[N-]=[N+]=Nc1ccc2c(c1)c(-c1ccccc1)[n+](CCCCCC(=O)NCCOCCOCCOCCOCCN)c1cc(N)ccc21. The van der Waals surface area contributed by atoms with Crippen LogP contribution in [0.25, 0.3) is 43.4 Å². The summed E-state index contributed by atoms with van der Waals surface area (Å²) < 4.78 is 23.9. The smallest absolute Gasteiger partial charge is 0.220 e. The van der Waals surface area contributed by atoms with Crippen LogP contribution in [0.15, 0.2) is 71.8 Å². The fraction of sp³-hybridized carbons (Fsp3) is 0.429. The summed E-state index contributed by atoms with van der Waals surface area (Å²) in [6.07, 6.45) is 2.99. The molecule has 0 atom stereocenters. The molecule has 0 saturated heterocycles. The molecule has 4 rings (SSSR count). The van der Waals surface area contributed by atoms with Crippen LogP contribution < -0.4 is 33.8 Å². The lowest BCUT2D eigenvalue weighted by atomic mass is 9.98. The molecule has 0 aliphatic rings. The van der Waals surface area contributed by atoms with Crippen molar-refractivity contribution in [3.8, 4) is 11.3 Å². The lowest BCUT2D eigenvalue weighted by Crippen LogP contribution is -3.00. The number of pyridine rings is 1. The summed E-state index contributed by atoms with van der Waals surface area (Å²) in [5.41, 5.74) is 25.1. The summed E-state index contributed by atoms with van der Waals surface area (Å²) in [5, 5.41) is 9.93. The zero-order valence-corrected chi connectivity index (χ0v) is 28.1. The Morgan fingerprint density at radius 3 is 2.15 bits per heavy atom. The summed E-state index contributed by atoms with van der Waals surface area (Å²) in [7, 11) is 0. The molecule has 0 bridgehead atoms. The van der Waals surface area contributed by atoms with E-state index in [0.29, 0.717) is 83.7 Å². The second kappa shape index (κ2) is 21.8. The van der Waals surface area contributed by atoms with Crippen LogP contribution in [0.2, 0.25) is 0 Å². The minimum atomic E-state index is 0. The molecule has 3 aromatic carbocycles. The number of nitrogens with two attached hydrogens (primary N) is 2. The number of carbonyl (C=O) groups excluding carboxylic acids is 1. The van der Waals surface area contributed by atoms with Crippen LogP contribution in [0.1, 0.15) is 25.7 Å². The van der Waals surface area contributed by atoms with Gasteiger partial charge in [-0.05, 0) is 48.7 Å². The lowest BCUT2D eigenvalue weighted by molar-refractivity contribution is -0.659. The van der Waals surface area contributed by atoms with Crippen molar-refractivity contribution >= 4 is 39.0 Å². The largest absolute Gasteiger partial charge is 1.00 e. The number of benzene rings is 3. The molecule has 12 nitrogen and oxygen atoms in total. The molecule has 1 heterocycles. The highest BCUT2D eigenvalue weighted by Crippen LogP contribution is 2.34. The zero-order valence-electron chi connectivity index (χ0n) is 27.3. The Morgan fingerprint density at radius 1 is 0.792 bits per heavy atom. The van der Waals surface area contributed by atoms with Gasteiger partial charge in [0, 0.05) is 59.2 Å². The van der Waals surface area contributed by atoms with E-state index < -0.39 is 0 Å². The van der Waals surface area contributed by atoms with Gasteiger partial charge in [-0.2, -0.15) is 4.57 Å². The number of hydrogen-bond donors (Lipinski definition) is 3. The number of anilines is 1. The zero-order chi connectivity index (χ0) is 33.1. The van der Waals surface area contributed by atoms with E-state index in [1.807, 2.05) is 54.6 Å². The number of hydrogen-bond acceptors (Lipinski definition) is 8. The van der Waals surface area contributed by atoms with Crippen LogP contribution in [0.3, 0.4) is 0 Å². The number of carbonyl (C=O) groups is 1. The van der Waals surface area contributed by atoms with Gasteiger partial charge in [-0.15, -0.1) is 0 Å². The number of unbranched alkanes of at least 4 members (excludes halogenated alkanes) is 2. The normalized spacial score (nSPS) is 10.9. The van der Waals surface area contributed by atoms with Crippen molar-refractivity contribution in [3.05, 3.63) is 77.2 Å². The van der Waals surface area contributed by atoms with Crippen LogP contribution in [0, 0.1) is 0 Å². The average Bonchev–Trinajstić information content (AvgIpc) is 3.08. The summed E-state index contributed by atoms with van der Waals surface area (Å²) in [6, 6.07) is 22.0. The second-order valence-electron chi connectivity index (χ2n) is 11.0. The molecule has 258 valence electrons. The van der Waals surface area contributed by atoms with Crippen LogP contribution >= 0.6 is 0 Å². The average molecular weight is 680 g/mol. The molecule has 5 N–H and O–H groups in total. The number of nitrogen functional groups attached to an aromatic ring is 1. The number of azide groups is 1. The summed E-state index contributed by atoms with van der Waals surface area (Å²) in [5.74, 6) is 0.0181. The Kier molecular flexibility index (Phi) is 17.5. The third-order valence-corrected chi connectivity index (χ3v) is 7.57. The maximum Gasteiger partial charge on any atom is 0.220 e. The molecule has 4 aromatic rings. The number of aromatic nitrogens is 1. The van der Waals surface area contributed by atoms with Crippen molar-refractivity contribution in [2.75, 3.05) is 71.7 Å². The van der Waals surface area contributed by atoms with Crippen LogP contribution in [-0.4, -0.2) is 71.9 Å². The predicted molar refractivity (Wildman–Crippen MR) is 184 cm³/mol. The molecule has 0 aliphatic carbocycles. The van der Waals surface area contributed by atoms with Gasteiger partial charge in [0.1, 0.15) is 6.54 Å². The topological polar surface area (TPSA) is 171 Å². The number of aryl methyl sites for hydroxylation is 1. The lowest BCUT2D eigenvalue weighted by Gasteiger charge is -2.13. The first-order valence-electron chi connectivity index (χ1n) is 16.2. The second-order valence-corrected chi connectivity index (χ2v) is 11.0. The van der Waals surface area contributed by atoms with Crippen LogP contribution in [0.4, 0.5) is 11.4 Å². The molecule has 0 saturated carbocycles. The highest BCUT2D eigenvalue weighted by atomic mass is 35.5. The van der Waals surface area contributed by atoms with Gasteiger partial charge in [-0.25, -0.2) is 0 Å². The van der Waals surface area contributed by atoms with E-state index in [-0.39, 0.29) is 18.3 Å². The predicted octanol–water partition coefficient (Wildman–Crippen LogP) is 2.18. The number of halogens is 1. The number of nitrogens with one attached hydrogen (secondary N) is 1. The fourth-order valence-electron chi connectivity index (χ4n) is 5.41. The number of rotatable bonds is 22. The molecular formula is C35H46ClN7O5. The Hall–Kier alpha value is -4.00. The van der Waals surface area contributed by atoms with Gasteiger partial charge >= 0.3 is 0 Å². The Morgan fingerprint density at radius 2 is 1.46 bits per heavy atom. The van der Waals surface area contributed by atoms with E-state index in [0.717, 1.165) is 58.7 Å². The van der Waals surface area contributed by atoms with Gasteiger partial charge in [-0.3, -0.25) is 4.79 Å². The van der Waals surface area contributed by atoms with Crippen LogP contribution in [0.5, 0.6) is 0 Å². The van der Waals surface area contributed by atoms with Crippen LogP contribution in [-0.2, 0) is 30.3 Å². The minimum absolute atomic E-state index is 0. The van der Waals surface area contributed by atoms with Crippen molar-refractivity contribution in [3.63, 3.8) is 0 Å². The molecule has 0 aliphatic heterocycles.